The Labute approximate surface area is 130 Å². The molecule has 22 heavy (non-hydrogen) atoms. The summed E-state index contributed by atoms with van der Waals surface area (Å²) in [4.78, 5) is 6.88. The second-order valence-electron chi connectivity index (χ2n) is 6.32. The second kappa shape index (κ2) is 5.72. The van der Waals surface area contributed by atoms with Crippen molar-refractivity contribution in [3.63, 3.8) is 0 Å². The molecule has 0 aliphatic carbocycles. The van der Waals surface area contributed by atoms with E-state index in [2.05, 4.69) is 15.0 Å². The van der Waals surface area contributed by atoms with Crippen molar-refractivity contribution >= 4 is 0 Å². The summed E-state index contributed by atoms with van der Waals surface area (Å²) in [6.45, 7) is 5.01. The number of rotatable bonds is 4. The maximum absolute atomic E-state index is 6.12. The summed E-state index contributed by atoms with van der Waals surface area (Å²) < 4.78 is 11.4. The van der Waals surface area contributed by atoms with Crippen molar-refractivity contribution in [1.29, 1.82) is 0 Å². The number of aromatic nitrogens is 2. The van der Waals surface area contributed by atoms with Crippen molar-refractivity contribution in [1.82, 2.24) is 15.0 Å². The number of fused-ring (bicyclic) bond motifs is 3. The lowest BCUT2D eigenvalue weighted by Crippen LogP contribution is -2.51. The third kappa shape index (κ3) is 2.61. The molecular formula is C17H21N3O2. The smallest absolute Gasteiger partial charge is 0.261 e. The first-order chi connectivity index (χ1) is 10.8. The van der Waals surface area contributed by atoms with Gasteiger partial charge in [-0.1, -0.05) is 17.3 Å². The highest BCUT2D eigenvalue weighted by atomic mass is 16.5. The van der Waals surface area contributed by atoms with Crippen LogP contribution in [-0.4, -0.2) is 40.8 Å². The Hall–Kier alpha value is -1.88. The lowest BCUT2D eigenvalue weighted by molar-refractivity contribution is 0.0239. The number of hydrogen-bond donors (Lipinski definition) is 0. The van der Waals surface area contributed by atoms with Crippen molar-refractivity contribution in [3.8, 4) is 17.2 Å². The van der Waals surface area contributed by atoms with Gasteiger partial charge in [0.2, 0.25) is 0 Å². The second-order valence-corrected chi connectivity index (χ2v) is 6.32. The highest BCUT2D eigenvalue weighted by Crippen LogP contribution is 2.33. The van der Waals surface area contributed by atoms with Crippen LogP contribution in [0.2, 0.25) is 0 Å². The van der Waals surface area contributed by atoms with Crippen LogP contribution in [0.1, 0.15) is 25.1 Å². The molecule has 1 unspecified atom stereocenters. The molecule has 2 aromatic rings. The first-order valence-corrected chi connectivity index (χ1v) is 8.06. The zero-order chi connectivity index (χ0) is 14.9. The minimum Gasteiger partial charge on any atom is -0.491 e. The Balaban J connectivity index is 1.49. The Morgan fingerprint density at radius 1 is 1.27 bits per heavy atom. The lowest BCUT2D eigenvalue weighted by atomic mass is 9.83. The van der Waals surface area contributed by atoms with E-state index in [4.69, 9.17) is 9.26 Å². The van der Waals surface area contributed by atoms with Gasteiger partial charge in [0.05, 0.1) is 5.56 Å². The standard InChI is InChI=1S/C17H21N3O2/c1-12-18-17(22-19-12)15-4-2-3-5-16(15)21-11-14-10-13-6-8-20(14)9-7-13/h2-5,13-14H,6-11H2,1H3. The molecule has 5 heteroatoms. The van der Waals surface area contributed by atoms with Crippen LogP contribution < -0.4 is 4.74 Å². The summed E-state index contributed by atoms with van der Waals surface area (Å²) in [5.74, 6) is 2.89. The van der Waals surface area contributed by atoms with E-state index >= 15 is 0 Å². The molecule has 0 N–H and O–H groups in total. The maximum Gasteiger partial charge on any atom is 0.261 e. The van der Waals surface area contributed by atoms with Gasteiger partial charge in [0.15, 0.2) is 5.82 Å². The topological polar surface area (TPSA) is 51.4 Å². The van der Waals surface area contributed by atoms with Crippen molar-refractivity contribution < 1.29 is 9.26 Å². The first-order valence-electron chi connectivity index (χ1n) is 8.06. The Morgan fingerprint density at radius 2 is 2.09 bits per heavy atom. The van der Waals surface area contributed by atoms with Gasteiger partial charge < -0.3 is 9.26 Å². The van der Waals surface area contributed by atoms with Crippen molar-refractivity contribution in [3.05, 3.63) is 30.1 Å². The van der Waals surface area contributed by atoms with Gasteiger partial charge in [0.25, 0.3) is 5.89 Å². The molecule has 1 aromatic heterocycles. The highest BCUT2D eigenvalue weighted by molar-refractivity contribution is 5.62. The van der Waals surface area contributed by atoms with Crippen molar-refractivity contribution in [2.45, 2.75) is 32.2 Å². The third-order valence-corrected chi connectivity index (χ3v) is 4.85. The van der Waals surface area contributed by atoms with E-state index in [1.54, 1.807) is 0 Å². The van der Waals surface area contributed by atoms with Gasteiger partial charge >= 0.3 is 0 Å². The summed E-state index contributed by atoms with van der Waals surface area (Å²) in [5.41, 5.74) is 0.874. The molecule has 116 valence electrons. The first kappa shape index (κ1) is 13.8. The van der Waals surface area contributed by atoms with E-state index in [1.165, 1.54) is 32.4 Å². The van der Waals surface area contributed by atoms with Gasteiger partial charge in [-0.05, 0) is 57.3 Å². The van der Waals surface area contributed by atoms with E-state index in [9.17, 15) is 0 Å². The summed E-state index contributed by atoms with van der Waals surface area (Å²) in [7, 11) is 0. The maximum atomic E-state index is 6.12. The summed E-state index contributed by atoms with van der Waals surface area (Å²) in [6, 6.07) is 8.44. The molecule has 0 spiro atoms. The average molecular weight is 299 g/mol. The summed E-state index contributed by atoms with van der Waals surface area (Å²) in [5, 5.41) is 3.87. The fraction of sp³-hybridized carbons (Fsp3) is 0.529. The van der Waals surface area contributed by atoms with E-state index in [-0.39, 0.29) is 0 Å². The fourth-order valence-electron chi connectivity index (χ4n) is 3.62. The molecule has 1 atom stereocenters. The monoisotopic (exact) mass is 299 g/mol. The van der Waals surface area contributed by atoms with E-state index < -0.39 is 0 Å². The number of piperidine rings is 3. The molecule has 3 aliphatic heterocycles. The van der Waals surface area contributed by atoms with Gasteiger partial charge in [-0.3, -0.25) is 4.90 Å². The van der Waals surface area contributed by atoms with E-state index in [0.29, 0.717) is 17.8 Å². The van der Waals surface area contributed by atoms with Crippen LogP contribution in [0.5, 0.6) is 5.75 Å². The highest BCUT2D eigenvalue weighted by Gasteiger charge is 2.33. The van der Waals surface area contributed by atoms with E-state index in [1.807, 2.05) is 31.2 Å². The quantitative estimate of drug-likeness (QED) is 0.869. The van der Waals surface area contributed by atoms with Crippen LogP contribution >= 0.6 is 0 Å². The van der Waals surface area contributed by atoms with Crippen LogP contribution in [0.15, 0.2) is 28.8 Å². The predicted molar refractivity (Wildman–Crippen MR) is 82.7 cm³/mol. The Kier molecular flexibility index (Phi) is 3.58. The molecule has 0 radical (unpaired) electrons. The van der Waals surface area contributed by atoms with Crippen LogP contribution in [0.25, 0.3) is 11.5 Å². The van der Waals surface area contributed by atoms with Crippen LogP contribution in [-0.2, 0) is 0 Å². The molecule has 2 bridgehead atoms. The lowest BCUT2D eigenvalue weighted by Gasteiger charge is -2.45. The third-order valence-electron chi connectivity index (χ3n) is 4.85. The normalized spacial score (nSPS) is 27.0. The number of nitrogens with zero attached hydrogens (tertiary/aromatic N) is 3. The SMILES string of the molecule is Cc1noc(-c2ccccc2OCC2CC3CCN2CC3)n1. The fourth-order valence-corrected chi connectivity index (χ4v) is 3.62. The van der Waals surface area contributed by atoms with Gasteiger partial charge in [0.1, 0.15) is 12.4 Å². The molecule has 3 saturated heterocycles. The molecule has 3 aliphatic rings. The molecule has 0 amide bonds. The minimum absolute atomic E-state index is 0.526. The van der Waals surface area contributed by atoms with Gasteiger partial charge in [-0.2, -0.15) is 4.98 Å². The number of aryl methyl sites for hydroxylation is 1. The molecule has 5 nitrogen and oxygen atoms in total. The average Bonchev–Trinajstić information content (AvgIpc) is 3.01. The van der Waals surface area contributed by atoms with Gasteiger partial charge in [-0.15, -0.1) is 0 Å². The molecule has 3 fully saturated rings. The van der Waals surface area contributed by atoms with Gasteiger partial charge in [-0.25, -0.2) is 0 Å². The summed E-state index contributed by atoms with van der Waals surface area (Å²) in [6.07, 6.45) is 3.98. The Morgan fingerprint density at radius 3 is 2.77 bits per heavy atom. The number of ether oxygens (including phenoxy) is 1. The van der Waals surface area contributed by atoms with Crippen LogP contribution in [0.3, 0.4) is 0 Å². The van der Waals surface area contributed by atoms with Crippen molar-refractivity contribution in [2.24, 2.45) is 5.92 Å². The minimum atomic E-state index is 0.526. The van der Waals surface area contributed by atoms with Crippen LogP contribution in [0, 0.1) is 12.8 Å². The van der Waals surface area contributed by atoms with E-state index in [0.717, 1.165) is 23.8 Å². The molecule has 5 rings (SSSR count). The van der Waals surface area contributed by atoms with Gasteiger partial charge in [0, 0.05) is 6.04 Å². The zero-order valence-electron chi connectivity index (χ0n) is 12.9. The molecule has 0 saturated carbocycles. The Bertz CT molecular complexity index is 647. The predicted octanol–water partition coefficient (Wildman–Crippen LogP) is 2.91. The molecular weight excluding hydrogens is 278 g/mol. The number of para-hydroxylation sites is 1. The molecule has 4 heterocycles. The summed E-state index contributed by atoms with van der Waals surface area (Å²) >= 11 is 0. The van der Waals surface area contributed by atoms with Crippen LogP contribution in [0.4, 0.5) is 0 Å². The number of hydrogen-bond acceptors (Lipinski definition) is 5. The zero-order valence-corrected chi connectivity index (χ0v) is 12.9. The molecule has 1 aromatic carbocycles. The largest absolute Gasteiger partial charge is 0.491 e. The van der Waals surface area contributed by atoms with Crippen molar-refractivity contribution in [2.75, 3.05) is 19.7 Å². The number of benzene rings is 1.